The Kier molecular flexibility index (Phi) is 12.0. The van der Waals surface area contributed by atoms with E-state index in [0.717, 1.165) is 24.6 Å². The summed E-state index contributed by atoms with van der Waals surface area (Å²) >= 11 is 0. The van der Waals surface area contributed by atoms with Gasteiger partial charge in [0.1, 0.15) is 0 Å². The van der Waals surface area contributed by atoms with Gasteiger partial charge in [0.15, 0.2) is 0 Å². The first-order valence-corrected chi connectivity index (χ1v) is 11.0. The molecule has 0 saturated carbocycles. The Labute approximate surface area is 161 Å². The predicted octanol–water partition coefficient (Wildman–Crippen LogP) is 5.43. The smallest absolute Gasteiger partial charge is 0.0364 e. The molecule has 0 unspecified atom stereocenters. The molecule has 0 radical (unpaired) electrons. The highest BCUT2D eigenvalue weighted by Crippen LogP contribution is 2.21. The lowest BCUT2D eigenvalue weighted by Gasteiger charge is -2.19. The normalized spacial score (nSPS) is 12.2. The van der Waals surface area contributed by atoms with Crippen LogP contribution in [0, 0.1) is 0 Å². The summed E-state index contributed by atoms with van der Waals surface area (Å²) in [7, 11) is 8.03. The molecule has 4 heteroatoms. The summed E-state index contributed by atoms with van der Waals surface area (Å²) in [6.07, 6.45) is 12.1. The molecule has 1 aromatic rings. The van der Waals surface area contributed by atoms with Crippen LogP contribution >= 0.6 is 21.6 Å². The molecule has 0 aliphatic carbocycles. The van der Waals surface area contributed by atoms with Crippen molar-refractivity contribution >= 4 is 33.4 Å². The lowest BCUT2D eigenvalue weighted by molar-refractivity contribution is 0.873. The fourth-order valence-corrected chi connectivity index (χ4v) is 4.03. The van der Waals surface area contributed by atoms with Crippen molar-refractivity contribution in [2.45, 2.75) is 6.92 Å². The van der Waals surface area contributed by atoms with Crippen LogP contribution in [0.1, 0.15) is 12.5 Å². The van der Waals surface area contributed by atoms with Crippen LogP contribution in [0.5, 0.6) is 0 Å². The lowest BCUT2D eigenvalue weighted by atomic mass is 10.1. The monoisotopic (exact) mass is 374 g/mol. The summed E-state index contributed by atoms with van der Waals surface area (Å²) in [6, 6.07) is 8.72. The molecular formula is C21H30N2S2. The maximum absolute atomic E-state index is 3.67. The number of nitrogens with one attached hydrogen (secondary N) is 1. The minimum atomic E-state index is 1.06. The van der Waals surface area contributed by atoms with Gasteiger partial charge in [0.2, 0.25) is 0 Å². The fraction of sp³-hybridized carbons (Fsp3) is 0.333. The van der Waals surface area contributed by atoms with Gasteiger partial charge < -0.3 is 10.2 Å². The van der Waals surface area contributed by atoms with Crippen molar-refractivity contribution in [3.8, 4) is 0 Å². The zero-order chi connectivity index (χ0) is 18.3. The van der Waals surface area contributed by atoms with E-state index in [-0.39, 0.29) is 0 Å². The van der Waals surface area contributed by atoms with Gasteiger partial charge in [-0.05, 0) is 31.7 Å². The van der Waals surface area contributed by atoms with Crippen LogP contribution in [0.2, 0.25) is 0 Å². The molecule has 0 spiro atoms. The Bertz CT molecular complexity index is 574. The highest BCUT2D eigenvalue weighted by Gasteiger charge is 2.00. The largest absolute Gasteiger partial charge is 0.374 e. The van der Waals surface area contributed by atoms with Crippen molar-refractivity contribution in [1.29, 1.82) is 0 Å². The molecule has 1 N–H and O–H groups in total. The van der Waals surface area contributed by atoms with Crippen LogP contribution in [0.3, 0.4) is 0 Å². The molecule has 136 valence electrons. The van der Waals surface area contributed by atoms with Crippen LogP contribution in [0.25, 0.3) is 6.08 Å². The van der Waals surface area contributed by atoms with Crippen LogP contribution in [0.15, 0.2) is 66.8 Å². The summed E-state index contributed by atoms with van der Waals surface area (Å²) in [6.45, 7) is 7.89. The second-order valence-corrected chi connectivity index (χ2v) is 8.33. The third-order valence-electron chi connectivity index (χ3n) is 3.51. The lowest BCUT2D eigenvalue weighted by Crippen LogP contribution is -2.19. The number of hydrogen-bond acceptors (Lipinski definition) is 4. The molecule has 0 atom stereocenters. The minimum Gasteiger partial charge on any atom is -0.374 e. The second kappa shape index (κ2) is 13.9. The number of nitrogens with zero attached hydrogens (tertiary/aromatic N) is 1. The first-order chi connectivity index (χ1) is 12.2. The van der Waals surface area contributed by atoms with E-state index < -0.39 is 0 Å². The maximum Gasteiger partial charge on any atom is 0.0364 e. The standard InChI is InChI=1S/C21H30N2S2/c1-5-6-7-8-19(2)9-10-20-11-13-21(14-12-20)23(4)16-18-25-24-17-15-22-3/h5-14,22H,1,15-18H2,2-4H3/b7-6-,10-9+,19-8+. The summed E-state index contributed by atoms with van der Waals surface area (Å²) in [5.74, 6) is 2.29. The minimum absolute atomic E-state index is 1.06. The van der Waals surface area contributed by atoms with Crippen molar-refractivity contribution in [3.05, 3.63) is 72.4 Å². The van der Waals surface area contributed by atoms with E-state index in [1.807, 2.05) is 40.8 Å². The van der Waals surface area contributed by atoms with Crippen molar-refractivity contribution in [2.75, 3.05) is 43.6 Å². The third kappa shape index (κ3) is 10.3. The van der Waals surface area contributed by atoms with Gasteiger partial charge in [0.05, 0.1) is 0 Å². The SMILES string of the molecule is C=C\C=C/C=C(C)/C=C/c1ccc(N(C)CCSSCCNC)cc1. The second-order valence-electron chi connectivity index (χ2n) is 5.63. The number of hydrogen-bond donors (Lipinski definition) is 1. The van der Waals surface area contributed by atoms with Gasteiger partial charge in [0.25, 0.3) is 0 Å². The van der Waals surface area contributed by atoms with E-state index >= 15 is 0 Å². The van der Waals surface area contributed by atoms with Gasteiger partial charge in [-0.15, -0.1) is 0 Å². The molecule has 25 heavy (non-hydrogen) atoms. The Morgan fingerprint density at radius 1 is 1.16 bits per heavy atom. The third-order valence-corrected chi connectivity index (χ3v) is 5.89. The molecule has 0 aliphatic rings. The molecule has 0 fully saturated rings. The average Bonchev–Trinajstić information content (AvgIpc) is 2.63. The molecule has 0 bridgehead atoms. The first kappa shape index (κ1) is 21.7. The van der Waals surface area contributed by atoms with Gasteiger partial charge in [-0.25, -0.2) is 0 Å². The summed E-state index contributed by atoms with van der Waals surface area (Å²) in [4.78, 5) is 2.31. The summed E-state index contributed by atoms with van der Waals surface area (Å²) in [5.41, 5.74) is 3.70. The Morgan fingerprint density at radius 3 is 2.56 bits per heavy atom. The van der Waals surface area contributed by atoms with Crippen molar-refractivity contribution in [2.24, 2.45) is 0 Å². The van der Waals surface area contributed by atoms with Crippen LogP contribution in [-0.2, 0) is 0 Å². The summed E-state index contributed by atoms with van der Waals surface area (Å²) in [5, 5.41) is 3.17. The van der Waals surface area contributed by atoms with Gasteiger partial charge >= 0.3 is 0 Å². The van der Waals surface area contributed by atoms with E-state index in [0.29, 0.717) is 0 Å². The maximum atomic E-state index is 3.67. The van der Waals surface area contributed by atoms with Crippen molar-refractivity contribution < 1.29 is 0 Å². The molecule has 2 nitrogen and oxygen atoms in total. The topological polar surface area (TPSA) is 15.3 Å². The summed E-state index contributed by atoms with van der Waals surface area (Å²) < 4.78 is 0. The van der Waals surface area contributed by atoms with E-state index in [2.05, 4.69) is 73.3 Å². The Balaban J connectivity index is 2.43. The van der Waals surface area contributed by atoms with Gasteiger partial charge in [-0.1, -0.05) is 82.3 Å². The zero-order valence-corrected chi connectivity index (χ0v) is 17.2. The highest BCUT2D eigenvalue weighted by molar-refractivity contribution is 8.76. The zero-order valence-electron chi connectivity index (χ0n) is 15.6. The molecular weight excluding hydrogens is 344 g/mol. The Hall–Kier alpha value is -1.36. The number of benzene rings is 1. The quantitative estimate of drug-likeness (QED) is 0.298. The van der Waals surface area contributed by atoms with Gasteiger partial charge in [-0.2, -0.15) is 0 Å². The molecule has 1 aromatic carbocycles. The first-order valence-electron chi connectivity index (χ1n) is 8.51. The molecule has 0 aliphatic heterocycles. The molecule has 0 heterocycles. The van der Waals surface area contributed by atoms with Crippen molar-refractivity contribution in [1.82, 2.24) is 5.32 Å². The molecule has 1 rings (SSSR count). The van der Waals surface area contributed by atoms with Gasteiger partial charge in [0, 0.05) is 37.3 Å². The van der Waals surface area contributed by atoms with Crippen LogP contribution in [-0.4, -0.2) is 38.7 Å². The molecule has 0 amide bonds. The van der Waals surface area contributed by atoms with Crippen LogP contribution < -0.4 is 10.2 Å². The van der Waals surface area contributed by atoms with Crippen molar-refractivity contribution in [3.63, 3.8) is 0 Å². The number of rotatable bonds is 12. The fourth-order valence-electron chi connectivity index (χ4n) is 1.97. The van der Waals surface area contributed by atoms with E-state index in [9.17, 15) is 0 Å². The highest BCUT2D eigenvalue weighted by atomic mass is 33.1. The number of anilines is 1. The van der Waals surface area contributed by atoms with Crippen LogP contribution in [0.4, 0.5) is 5.69 Å². The molecule has 0 aromatic heterocycles. The van der Waals surface area contributed by atoms with E-state index in [1.165, 1.54) is 16.8 Å². The molecule has 0 saturated heterocycles. The van der Waals surface area contributed by atoms with E-state index in [1.54, 1.807) is 6.08 Å². The Morgan fingerprint density at radius 2 is 1.88 bits per heavy atom. The van der Waals surface area contributed by atoms with Gasteiger partial charge in [-0.3, -0.25) is 0 Å². The average molecular weight is 375 g/mol. The van der Waals surface area contributed by atoms with E-state index in [4.69, 9.17) is 0 Å². The predicted molar refractivity (Wildman–Crippen MR) is 121 cm³/mol. The number of allylic oxidation sites excluding steroid dienone is 6.